The van der Waals surface area contributed by atoms with E-state index in [0.717, 1.165) is 22.3 Å². The van der Waals surface area contributed by atoms with Gasteiger partial charge in [0.15, 0.2) is 5.43 Å². The predicted molar refractivity (Wildman–Crippen MR) is 146 cm³/mol. The van der Waals surface area contributed by atoms with Crippen LogP contribution in [0.25, 0.3) is 11.0 Å². The zero-order chi connectivity index (χ0) is 26.3. The van der Waals surface area contributed by atoms with Crippen LogP contribution in [0, 0.1) is 13.8 Å². The van der Waals surface area contributed by atoms with E-state index >= 15 is 0 Å². The number of likely N-dealkylation sites (N-methyl/N-ethyl adjacent to an activating group) is 1. The van der Waals surface area contributed by atoms with E-state index in [9.17, 15) is 9.59 Å². The summed E-state index contributed by atoms with van der Waals surface area (Å²) in [7, 11) is 3.91. The van der Waals surface area contributed by atoms with Gasteiger partial charge in [0.2, 0.25) is 5.76 Å². The Morgan fingerprint density at radius 2 is 1.65 bits per heavy atom. The Morgan fingerprint density at radius 1 is 0.973 bits per heavy atom. The normalized spacial score (nSPS) is 15.0. The van der Waals surface area contributed by atoms with E-state index in [4.69, 9.17) is 20.8 Å². The first-order chi connectivity index (χ1) is 17.7. The third kappa shape index (κ3) is 4.87. The minimum atomic E-state index is -0.532. The minimum Gasteiger partial charge on any atom is -0.489 e. The molecular weight excluding hydrogens is 488 g/mol. The highest BCUT2D eigenvalue weighted by atomic mass is 35.5. The molecule has 5 rings (SSSR count). The molecule has 1 aliphatic rings. The Hall–Kier alpha value is -3.61. The number of halogens is 1. The number of fused-ring (bicyclic) bond motifs is 2. The van der Waals surface area contributed by atoms with Crippen LogP contribution in [0.4, 0.5) is 0 Å². The molecule has 4 aromatic rings. The number of aryl methyl sites for hydroxylation is 2. The first-order valence-corrected chi connectivity index (χ1v) is 12.6. The summed E-state index contributed by atoms with van der Waals surface area (Å²) in [5, 5.41) is 1.18. The average molecular weight is 517 g/mol. The highest BCUT2D eigenvalue weighted by molar-refractivity contribution is 6.30. The Kier molecular flexibility index (Phi) is 6.80. The number of amides is 1. The average Bonchev–Trinajstić information content (AvgIpc) is 3.15. The first-order valence-electron chi connectivity index (χ1n) is 12.2. The molecule has 0 bridgehead atoms. The molecule has 0 saturated heterocycles. The quantitative estimate of drug-likeness (QED) is 0.313. The number of carbonyl (C=O) groups excluding carboxylic acids is 1. The number of nitrogens with zero attached hydrogens (tertiary/aromatic N) is 2. The van der Waals surface area contributed by atoms with Gasteiger partial charge < -0.3 is 19.0 Å². The molecule has 2 heterocycles. The van der Waals surface area contributed by atoms with E-state index in [1.54, 1.807) is 4.90 Å². The van der Waals surface area contributed by atoms with E-state index < -0.39 is 6.04 Å². The summed E-state index contributed by atoms with van der Waals surface area (Å²) in [5.41, 5.74) is 4.54. The molecule has 0 aliphatic carbocycles. The van der Waals surface area contributed by atoms with Crippen molar-refractivity contribution >= 4 is 28.5 Å². The second kappa shape index (κ2) is 10.0. The molecule has 7 heteroatoms. The summed E-state index contributed by atoms with van der Waals surface area (Å²) < 4.78 is 12.0. The van der Waals surface area contributed by atoms with Gasteiger partial charge in [0.05, 0.1) is 17.0 Å². The van der Waals surface area contributed by atoms with Crippen LogP contribution in [0.3, 0.4) is 0 Å². The van der Waals surface area contributed by atoms with Crippen LogP contribution in [0.1, 0.15) is 44.4 Å². The van der Waals surface area contributed by atoms with Gasteiger partial charge in [0, 0.05) is 18.1 Å². The summed E-state index contributed by atoms with van der Waals surface area (Å²) in [4.78, 5) is 31.0. The maximum absolute atomic E-state index is 13.8. The molecule has 1 unspecified atom stereocenters. The third-order valence-electron chi connectivity index (χ3n) is 6.88. The monoisotopic (exact) mass is 516 g/mol. The van der Waals surface area contributed by atoms with Crippen molar-refractivity contribution in [1.29, 1.82) is 0 Å². The lowest BCUT2D eigenvalue weighted by Crippen LogP contribution is -2.35. The van der Waals surface area contributed by atoms with Crippen molar-refractivity contribution in [2.24, 2.45) is 0 Å². The summed E-state index contributed by atoms with van der Waals surface area (Å²) in [6.45, 7) is 5.46. The van der Waals surface area contributed by atoms with Crippen LogP contribution in [-0.2, 0) is 6.61 Å². The van der Waals surface area contributed by atoms with Crippen molar-refractivity contribution in [2.45, 2.75) is 26.5 Å². The zero-order valence-electron chi connectivity index (χ0n) is 21.4. The Balaban J connectivity index is 1.52. The molecule has 0 radical (unpaired) electrons. The first kappa shape index (κ1) is 25.1. The topological polar surface area (TPSA) is 63.0 Å². The molecule has 0 saturated carbocycles. The van der Waals surface area contributed by atoms with Gasteiger partial charge in [0.1, 0.15) is 17.9 Å². The van der Waals surface area contributed by atoms with Crippen LogP contribution < -0.4 is 10.2 Å². The van der Waals surface area contributed by atoms with Crippen LogP contribution in [0.2, 0.25) is 5.02 Å². The summed E-state index contributed by atoms with van der Waals surface area (Å²) in [6.07, 6.45) is 0. The molecular formula is C30H29ClN2O4. The lowest BCUT2D eigenvalue weighted by molar-refractivity contribution is 0.0716. The molecule has 37 heavy (non-hydrogen) atoms. The van der Waals surface area contributed by atoms with E-state index in [0.29, 0.717) is 47.0 Å². The third-order valence-corrected chi connectivity index (χ3v) is 7.14. The van der Waals surface area contributed by atoms with Gasteiger partial charge in [-0.05, 0) is 86.6 Å². The summed E-state index contributed by atoms with van der Waals surface area (Å²) in [6, 6.07) is 18.2. The van der Waals surface area contributed by atoms with Gasteiger partial charge in [0.25, 0.3) is 5.91 Å². The van der Waals surface area contributed by atoms with E-state index in [2.05, 4.69) is 0 Å². The molecule has 0 spiro atoms. The molecule has 1 aromatic heterocycles. The van der Waals surface area contributed by atoms with Gasteiger partial charge in [-0.25, -0.2) is 0 Å². The van der Waals surface area contributed by atoms with Crippen molar-refractivity contribution in [3.05, 3.63) is 109 Å². The molecule has 0 N–H and O–H groups in total. The fraction of sp³-hybridized carbons (Fsp3) is 0.267. The van der Waals surface area contributed by atoms with E-state index in [-0.39, 0.29) is 17.1 Å². The van der Waals surface area contributed by atoms with E-state index in [1.807, 2.05) is 93.5 Å². The predicted octanol–water partition coefficient (Wildman–Crippen LogP) is 5.75. The molecule has 6 nitrogen and oxygen atoms in total. The van der Waals surface area contributed by atoms with Crippen LogP contribution in [-0.4, -0.2) is 42.9 Å². The van der Waals surface area contributed by atoms with Crippen LogP contribution >= 0.6 is 11.6 Å². The van der Waals surface area contributed by atoms with Crippen LogP contribution in [0.5, 0.6) is 5.75 Å². The molecule has 0 fully saturated rings. The fourth-order valence-corrected chi connectivity index (χ4v) is 4.78. The second-order valence-electron chi connectivity index (χ2n) is 9.80. The zero-order valence-corrected chi connectivity index (χ0v) is 22.1. The van der Waals surface area contributed by atoms with E-state index in [1.165, 1.54) is 0 Å². The van der Waals surface area contributed by atoms with Crippen molar-refractivity contribution in [2.75, 3.05) is 27.2 Å². The van der Waals surface area contributed by atoms with Gasteiger partial charge in [-0.15, -0.1) is 0 Å². The van der Waals surface area contributed by atoms with Crippen molar-refractivity contribution in [3.63, 3.8) is 0 Å². The Labute approximate surface area is 221 Å². The van der Waals surface area contributed by atoms with Gasteiger partial charge in [-0.1, -0.05) is 35.9 Å². The van der Waals surface area contributed by atoms with Gasteiger partial charge >= 0.3 is 0 Å². The molecule has 1 atom stereocenters. The highest BCUT2D eigenvalue weighted by Crippen LogP contribution is 2.38. The summed E-state index contributed by atoms with van der Waals surface area (Å²) >= 11 is 5.96. The minimum absolute atomic E-state index is 0.132. The van der Waals surface area contributed by atoms with Gasteiger partial charge in [-0.2, -0.15) is 0 Å². The smallest absolute Gasteiger partial charge is 0.290 e. The number of hydrogen-bond donors (Lipinski definition) is 0. The fourth-order valence-electron chi connectivity index (χ4n) is 4.65. The molecule has 1 aliphatic heterocycles. The van der Waals surface area contributed by atoms with Crippen LogP contribution in [0.15, 0.2) is 69.9 Å². The maximum Gasteiger partial charge on any atom is 0.290 e. The number of ether oxygens (including phenoxy) is 1. The number of hydrogen-bond acceptors (Lipinski definition) is 5. The van der Waals surface area contributed by atoms with Crippen molar-refractivity contribution in [3.8, 4) is 5.75 Å². The van der Waals surface area contributed by atoms with Crippen molar-refractivity contribution in [1.82, 2.24) is 9.80 Å². The Morgan fingerprint density at radius 3 is 2.32 bits per heavy atom. The lowest BCUT2D eigenvalue weighted by Gasteiger charge is -2.26. The standard InChI is InChI=1S/C30H29ClN2O4/c1-18-15-24-25(16-19(18)2)37-29-26(28(24)34)27(33(30(29)35)14-13-32(3)4)21-7-11-23(12-8-21)36-17-20-5-9-22(31)10-6-20/h5-12,15-16,27H,13-14,17H2,1-4H3. The largest absolute Gasteiger partial charge is 0.489 e. The summed E-state index contributed by atoms with van der Waals surface area (Å²) in [5.74, 6) is 0.564. The lowest BCUT2D eigenvalue weighted by atomic mass is 9.97. The molecule has 1 amide bonds. The number of carbonyl (C=O) groups is 1. The SMILES string of the molecule is Cc1cc2oc3c(c(=O)c2cc1C)C(c1ccc(OCc2ccc(Cl)cc2)cc1)N(CCN(C)C)C3=O. The number of benzene rings is 3. The highest BCUT2D eigenvalue weighted by Gasteiger charge is 2.42. The second-order valence-corrected chi connectivity index (χ2v) is 10.2. The molecule has 190 valence electrons. The maximum atomic E-state index is 13.8. The van der Waals surface area contributed by atoms with Gasteiger partial charge in [-0.3, -0.25) is 9.59 Å². The number of rotatable bonds is 7. The van der Waals surface area contributed by atoms with Crippen molar-refractivity contribution < 1.29 is 13.9 Å². The molecule has 3 aromatic carbocycles. The Bertz CT molecular complexity index is 1530.